The van der Waals surface area contributed by atoms with Gasteiger partial charge < -0.3 is 4.90 Å². The first kappa shape index (κ1) is 18.4. The van der Waals surface area contributed by atoms with Crippen molar-refractivity contribution in [2.75, 3.05) is 44.7 Å². The van der Waals surface area contributed by atoms with Crippen LogP contribution in [0.15, 0.2) is 24.3 Å². The second-order valence-electron chi connectivity index (χ2n) is 7.50. The van der Waals surface area contributed by atoms with Gasteiger partial charge in [0.2, 0.25) is 11.8 Å². The van der Waals surface area contributed by atoms with Gasteiger partial charge in [0, 0.05) is 26.1 Å². The zero-order chi connectivity index (χ0) is 18.8. The average molecular weight is 387 g/mol. The molecule has 0 unspecified atom stereocenters. The molecule has 27 heavy (non-hydrogen) atoms. The monoisotopic (exact) mass is 386 g/mol. The molecule has 144 valence electrons. The number of likely N-dealkylation sites (N-methyl/N-ethyl adjacent to an activating group) is 1. The molecular formula is C20H26N4O2S. The van der Waals surface area contributed by atoms with E-state index in [-0.39, 0.29) is 11.8 Å². The predicted molar refractivity (Wildman–Crippen MR) is 108 cm³/mol. The van der Waals surface area contributed by atoms with Crippen molar-refractivity contribution >= 4 is 38.5 Å². The zero-order valence-electron chi connectivity index (χ0n) is 15.8. The molecule has 1 aromatic carbocycles. The van der Waals surface area contributed by atoms with Crippen LogP contribution in [0.3, 0.4) is 0 Å². The number of aromatic nitrogens is 1. The molecule has 7 heteroatoms. The topological polar surface area (TPSA) is 56.8 Å². The van der Waals surface area contributed by atoms with Crippen molar-refractivity contribution < 1.29 is 9.59 Å². The summed E-state index contributed by atoms with van der Waals surface area (Å²) in [6.45, 7) is 3.85. The van der Waals surface area contributed by atoms with Crippen molar-refractivity contribution in [3.63, 3.8) is 0 Å². The summed E-state index contributed by atoms with van der Waals surface area (Å²) in [7, 11) is 1.80. The Hall–Kier alpha value is -1.99. The van der Waals surface area contributed by atoms with Crippen molar-refractivity contribution in [2.45, 2.75) is 25.7 Å². The number of carbonyl (C=O) groups is 2. The second-order valence-corrected chi connectivity index (χ2v) is 8.51. The van der Waals surface area contributed by atoms with E-state index in [1.165, 1.54) is 11.3 Å². The molecule has 0 bridgehead atoms. The number of likely N-dealkylation sites (tertiary alicyclic amines) is 2. The minimum atomic E-state index is 0.0541. The molecule has 0 atom stereocenters. The Balaban J connectivity index is 1.30. The molecule has 0 radical (unpaired) electrons. The molecule has 1 aromatic heterocycles. The maximum absolute atomic E-state index is 12.7. The number of fused-ring (bicyclic) bond motifs is 1. The van der Waals surface area contributed by atoms with Crippen LogP contribution in [0.25, 0.3) is 10.2 Å². The number of rotatable bonds is 4. The van der Waals surface area contributed by atoms with E-state index < -0.39 is 0 Å². The SMILES string of the molecule is CN(C(=O)CN1CCC(C(=O)N2CCCC2)CC1)c1nc2ccccc2s1. The first-order chi connectivity index (χ1) is 13.1. The summed E-state index contributed by atoms with van der Waals surface area (Å²) in [6.07, 6.45) is 3.98. The maximum atomic E-state index is 12.7. The van der Waals surface area contributed by atoms with E-state index in [9.17, 15) is 9.59 Å². The fourth-order valence-corrected chi connectivity index (χ4v) is 4.89. The number of para-hydroxylation sites is 1. The third kappa shape index (κ3) is 3.99. The number of anilines is 1. The van der Waals surface area contributed by atoms with Crippen molar-refractivity contribution in [3.8, 4) is 0 Å². The van der Waals surface area contributed by atoms with E-state index in [2.05, 4.69) is 9.88 Å². The van der Waals surface area contributed by atoms with Crippen molar-refractivity contribution in [1.29, 1.82) is 0 Å². The number of carbonyl (C=O) groups excluding carboxylic acids is 2. The molecule has 0 spiro atoms. The molecule has 2 aliphatic rings. The first-order valence-corrected chi connectivity index (χ1v) is 10.6. The summed E-state index contributed by atoms with van der Waals surface area (Å²) in [5.74, 6) is 0.514. The Kier molecular flexibility index (Phi) is 5.41. The van der Waals surface area contributed by atoms with Crippen molar-refractivity contribution in [2.24, 2.45) is 5.92 Å². The molecule has 2 fully saturated rings. The van der Waals surface area contributed by atoms with Crippen LogP contribution in [0.1, 0.15) is 25.7 Å². The van der Waals surface area contributed by atoms with Crippen LogP contribution >= 0.6 is 11.3 Å². The van der Waals surface area contributed by atoms with Crippen LogP contribution in [-0.4, -0.2) is 66.4 Å². The minimum Gasteiger partial charge on any atom is -0.342 e. The lowest BCUT2D eigenvalue weighted by molar-refractivity contribution is -0.136. The lowest BCUT2D eigenvalue weighted by Crippen LogP contribution is -2.45. The van der Waals surface area contributed by atoms with Gasteiger partial charge in [-0.1, -0.05) is 23.5 Å². The summed E-state index contributed by atoms with van der Waals surface area (Å²) >= 11 is 1.54. The Morgan fingerprint density at radius 3 is 2.56 bits per heavy atom. The second kappa shape index (κ2) is 7.94. The van der Waals surface area contributed by atoms with E-state index in [1.54, 1.807) is 11.9 Å². The molecular weight excluding hydrogens is 360 g/mol. The molecule has 0 N–H and O–H groups in total. The van der Waals surface area contributed by atoms with Crippen LogP contribution in [0.2, 0.25) is 0 Å². The molecule has 6 nitrogen and oxygen atoms in total. The molecule has 3 heterocycles. The Labute approximate surface area is 163 Å². The van der Waals surface area contributed by atoms with Gasteiger partial charge in [0.05, 0.1) is 16.8 Å². The lowest BCUT2D eigenvalue weighted by Gasteiger charge is -2.33. The van der Waals surface area contributed by atoms with Gasteiger partial charge in [-0.15, -0.1) is 0 Å². The van der Waals surface area contributed by atoms with E-state index in [1.807, 2.05) is 29.2 Å². The number of piperidine rings is 1. The van der Waals surface area contributed by atoms with Gasteiger partial charge in [-0.25, -0.2) is 4.98 Å². The largest absolute Gasteiger partial charge is 0.342 e. The van der Waals surface area contributed by atoms with E-state index >= 15 is 0 Å². The van der Waals surface area contributed by atoms with Crippen molar-refractivity contribution in [1.82, 2.24) is 14.8 Å². The van der Waals surface area contributed by atoms with E-state index in [4.69, 9.17) is 0 Å². The average Bonchev–Trinajstić information content (AvgIpc) is 3.37. The maximum Gasteiger partial charge on any atom is 0.242 e. The normalized spacial score (nSPS) is 18.9. The van der Waals surface area contributed by atoms with Gasteiger partial charge in [-0.2, -0.15) is 0 Å². The van der Waals surface area contributed by atoms with Gasteiger partial charge in [0.1, 0.15) is 0 Å². The summed E-state index contributed by atoms with van der Waals surface area (Å²) < 4.78 is 1.09. The van der Waals surface area contributed by atoms with Gasteiger partial charge in [0.25, 0.3) is 0 Å². The van der Waals surface area contributed by atoms with Crippen LogP contribution in [0.4, 0.5) is 5.13 Å². The first-order valence-electron chi connectivity index (χ1n) is 9.75. The van der Waals surface area contributed by atoms with Crippen LogP contribution < -0.4 is 4.90 Å². The summed E-state index contributed by atoms with van der Waals surface area (Å²) in [5.41, 5.74) is 0.929. The molecule has 4 rings (SSSR count). The highest BCUT2D eigenvalue weighted by Crippen LogP contribution is 2.28. The molecule has 0 aliphatic carbocycles. The molecule has 0 saturated carbocycles. The van der Waals surface area contributed by atoms with Gasteiger partial charge in [-0.05, 0) is 50.9 Å². The number of hydrogen-bond acceptors (Lipinski definition) is 5. The molecule has 2 amide bonds. The summed E-state index contributed by atoms with van der Waals surface area (Å²) in [5, 5.41) is 0.736. The Morgan fingerprint density at radius 1 is 1.15 bits per heavy atom. The highest BCUT2D eigenvalue weighted by atomic mass is 32.1. The fourth-order valence-electron chi connectivity index (χ4n) is 3.94. The third-order valence-electron chi connectivity index (χ3n) is 5.66. The standard InChI is InChI=1S/C20H26N4O2S/c1-22(20-21-16-6-2-3-7-17(16)27-20)18(25)14-23-12-8-15(9-13-23)19(26)24-10-4-5-11-24/h2-3,6-7,15H,4-5,8-14H2,1H3. The quantitative estimate of drug-likeness (QED) is 0.810. The highest BCUT2D eigenvalue weighted by Gasteiger charge is 2.30. The number of benzene rings is 1. The minimum absolute atomic E-state index is 0.0541. The fraction of sp³-hybridized carbons (Fsp3) is 0.550. The van der Waals surface area contributed by atoms with Crippen molar-refractivity contribution in [3.05, 3.63) is 24.3 Å². The van der Waals surface area contributed by atoms with Gasteiger partial charge in [-0.3, -0.25) is 19.4 Å². The number of amides is 2. The molecule has 2 aromatic rings. The predicted octanol–water partition coefficient (Wildman–Crippen LogP) is 2.59. The summed E-state index contributed by atoms with van der Waals surface area (Å²) in [6, 6.07) is 7.94. The molecule has 2 saturated heterocycles. The smallest absolute Gasteiger partial charge is 0.242 e. The van der Waals surface area contributed by atoms with Gasteiger partial charge >= 0.3 is 0 Å². The van der Waals surface area contributed by atoms with Gasteiger partial charge in [0.15, 0.2) is 5.13 Å². The number of thiazole rings is 1. The Morgan fingerprint density at radius 2 is 1.85 bits per heavy atom. The number of nitrogens with zero attached hydrogens (tertiary/aromatic N) is 4. The van der Waals surface area contributed by atoms with Crippen LogP contribution in [0, 0.1) is 5.92 Å². The highest BCUT2D eigenvalue weighted by molar-refractivity contribution is 7.22. The van der Waals surface area contributed by atoms with E-state index in [0.29, 0.717) is 12.5 Å². The molecule has 2 aliphatic heterocycles. The zero-order valence-corrected chi connectivity index (χ0v) is 16.6. The van der Waals surface area contributed by atoms with Crippen LogP contribution in [0.5, 0.6) is 0 Å². The van der Waals surface area contributed by atoms with Crippen LogP contribution in [-0.2, 0) is 9.59 Å². The lowest BCUT2D eigenvalue weighted by atomic mass is 9.95. The van der Waals surface area contributed by atoms with E-state index in [0.717, 1.165) is 67.2 Å². The summed E-state index contributed by atoms with van der Waals surface area (Å²) in [4.78, 5) is 35.6. The third-order valence-corrected chi connectivity index (χ3v) is 6.77. The number of hydrogen-bond donors (Lipinski definition) is 0. The Bertz CT molecular complexity index is 789.